The predicted octanol–water partition coefficient (Wildman–Crippen LogP) is 3.64. The van der Waals surface area contributed by atoms with Crippen LogP contribution in [0.5, 0.6) is 11.5 Å². The van der Waals surface area contributed by atoms with Gasteiger partial charge < -0.3 is 9.47 Å². The number of hydrogen-bond acceptors (Lipinski definition) is 2. The fourth-order valence-electron chi connectivity index (χ4n) is 1.42. The van der Waals surface area contributed by atoms with Crippen molar-refractivity contribution in [2.75, 3.05) is 14.2 Å². The van der Waals surface area contributed by atoms with Gasteiger partial charge in [-0.25, -0.2) is 0 Å². The quantitative estimate of drug-likeness (QED) is 0.834. The van der Waals surface area contributed by atoms with Crippen molar-refractivity contribution in [3.63, 3.8) is 0 Å². The molecule has 80 valence electrons. The Balaban J connectivity index is 2.42. The van der Waals surface area contributed by atoms with Gasteiger partial charge in [0.1, 0.15) is 0 Å². The van der Waals surface area contributed by atoms with Crippen molar-refractivity contribution in [3.8, 4) is 11.5 Å². The Morgan fingerprint density at radius 3 is 2.27 bits per heavy atom. The largest absolute Gasteiger partial charge is 0.493 e. The summed E-state index contributed by atoms with van der Waals surface area (Å²) >= 11 is 3.53. The molecule has 15 heavy (non-hydrogen) atoms. The lowest BCUT2D eigenvalue weighted by molar-refractivity contribution is 0.354. The average Bonchev–Trinajstić information content (AvgIpc) is 3.04. The van der Waals surface area contributed by atoms with Gasteiger partial charge in [0.2, 0.25) is 0 Å². The van der Waals surface area contributed by atoms with Crippen molar-refractivity contribution in [2.24, 2.45) is 0 Å². The Hall–Kier alpha value is -0.960. The zero-order valence-electron chi connectivity index (χ0n) is 8.84. The van der Waals surface area contributed by atoms with Crippen LogP contribution in [0.2, 0.25) is 0 Å². The molecular formula is C12H13BrO2. The molecule has 0 aliphatic heterocycles. The second kappa shape index (κ2) is 4.27. The summed E-state index contributed by atoms with van der Waals surface area (Å²) in [6.07, 6.45) is 4.65. The molecular weight excluding hydrogens is 256 g/mol. The van der Waals surface area contributed by atoms with Gasteiger partial charge in [0.15, 0.2) is 11.5 Å². The van der Waals surface area contributed by atoms with Crippen LogP contribution < -0.4 is 9.47 Å². The van der Waals surface area contributed by atoms with Crippen LogP contribution >= 0.6 is 15.9 Å². The Bertz CT molecular complexity index is 404. The first-order valence-corrected chi connectivity index (χ1v) is 5.65. The molecule has 0 atom stereocenters. The normalized spacial score (nSPS) is 13.7. The SMILES string of the molecule is COc1cc(Br)c(C=C2CC2)cc1OC. The molecule has 1 aliphatic carbocycles. The van der Waals surface area contributed by atoms with Gasteiger partial charge in [0.25, 0.3) is 0 Å². The van der Waals surface area contributed by atoms with Crippen LogP contribution in [0.25, 0.3) is 6.08 Å². The van der Waals surface area contributed by atoms with E-state index in [1.165, 1.54) is 18.4 Å². The molecule has 1 saturated carbocycles. The van der Waals surface area contributed by atoms with E-state index in [9.17, 15) is 0 Å². The van der Waals surface area contributed by atoms with Crippen LogP contribution in [-0.4, -0.2) is 14.2 Å². The minimum absolute atomic E-state index is 0.752. The summed E-state index contributed by atoms with van der Waals surface area (Å²) in [5, 5.41) is 0. The third-order valence-corrected chi connectivity index (χ3v) is 3.09. The maximum Gasteiger partial charge on any atom is 0.161 e. The smallest absolute Gasteiger partial charge is 0.161 e. The van der Waals surface area contributed by atoms with E-state index in [2.05, 4.69) is 22.0 Å². The molecule has 1 aliphatic rings. The molecule has 1 fully saturated rings. The van der Waals surface area contributed by atoms with Gasteiger partial charge in [-0.15, -0.1) is 0 Å². The summed E-state index contributed by atoms with van der Waals surface area (Å²) in [6.45, 7) is 0. The molecule has 0 N–H and O–H groups in total. The van der Waals surface area contributed by atoms with Crippen LogP contribution in [0.1, 0.15) is 18.4 Å². The number of allylic oxidation sites excluding steroid dienone is 1. The van der Waals surface area contributed by atoms with Crippen LogP contribution in [0.15, 0.2) is 22.2 Å². The number of benzene rings is 1. The third kappa shape index (κ3) is 2.34. The molecule has 3 heteroatoms. The minimum atomic E-state index is 0.752. The van der Waals surface area contributed by atoms with Gasteiger partial charge in [-0.3, -0.25) is 0 Å². The maximum absolute atomic E-state index is 5.26. The van der Waals surface area contributed by atoms with Gasteiger partial charge >= 0.3 is 0 Å². The summed E-state index contributed by atoms with van der Waals surface area (Å²) in [7, 11) is 3.29. The highest BCUT2D eigenvalue weighted by Crippen LogP contribution is 2.37. The summed E-state index contributed by atoms with van der Waals surface area (Å²) in [5.74, 6) is 1.52. The molecule has 2 nitrogen and oxygen atoms in total. The molecule has 0 spiro atoms. The first kappa shape index (κ1) is 10.6. The van der Waals surface area contributed by atoms with Crippen LogP contribution in [0.3, 0.4) is 0 Å². The Morgan fingerprint density at radius 2 is 1.73 bits per heavy atom. The lowest BCUT2D eigenvalue weighted by atomic mass is 10.2. The van der Waals surface area contributed by atoms with E-state index < -0.39 is 0 Å². The fraction of sp³-hybridized carbons (Fsp3) is 0.333. The van der Waals surface area contributed by atoms with Crippen molar-refractivity contribution >= 4 is 22.0 Å². The van der Waals surface area contributed by atoms with Crippen LogP contribution in [0, 0.1) is 0 Å². The molecule has 0 unspecified atom stereocenters. The second-order valence-corrected chi connectivity index (χ2v) is 4.39. The topological polar surface area (TPSA) is 18.5 Å². The highest BCUT2D eigenvalue weighted by Gasteiger charge is 2.13. The van der Waals surface area contributed by atoms with Gasteiger partial charge in [-0.1, -0.05) is 27.6 Å². The molecule has 0 heterocycles. The minimum Gasteiger partial charge on any atom is -0.493 e. The third-order valence-electron chi connectivity index (χ3n) is 2.40. The lowest BCUT2D eigenvalue weighted by Gasteiger charge is -2.09. The molecule has 1 aromatic carbocycles. The fourth-order valence-corrected chi connectivity index (χ4v) is 1.85. The van der Waals surface area contributed by atoms with E-state index in [-0.39, 0.29) is 0 Å². The van der Waals surface area contributed by atoms with E-state index in [1.807, 2.05) is 12.1 Å². The van der Waals surface area contributed by atoms with Gasteiger partial charge in [-0.2, -0.15) is 0 Å². The number of rotatable bonds is 3. The summed E-state index contributed by atoms with van der Waals surface area (Å²) in [4.78, 5) is 0. The van der Waals surface area contributed by atoms with Crippen molar-refractivity contribution < 1.29 is 9.47 Å². The molecule has 0 amide bonds. The van der Waals surface area contributed by atoms with Gasteiger partial charge in [-0.05, 0) is 30.5 Å². The predicted molar refractivity (Wildman–Crippen MR) is 64.5 cm³/mol. The molecule has 2 rings (SSSR count). The average molecular weight is 269 g/mol. The van der Waals surface area contributed by atoms with E-state index in [0.29, 0.717) is 0 Å². The molecule has 0 aromatic heterocycles. The summed E-state index contributed by atoms with van der Waals surface area (Å²) < 4.78 is 11.5. The first-order valence-electron chi connectivity index (χ1n) is 4.85. The maximum atomic E-state index is 5.26. The van der Waals surface area contributed by atoms with Crippen molar-refractivity contribution in [1.29, 1.82) is 0 Å². The zero-order valence-corrected chi connectivity index (χ0v) is 10.4. The number of ether oxygens (including phenoxy) is 2. The Morgan fingerprint density at radius 1 is 1.13 bits per heavy atom. The van der Waals surface area contributed by atoms with E-state index in [1.54, 1.807) is 14.2 Å². The zero-order chi connectivity index (χ0) is 10.8. The van der Waals surface area contributed by atoms with Crippen LogP contribution in [0.4, 0.5) is 0 Å². The second-order valence-electron chi connectivity index (χ2n) is 3.53. The summed E-state index contributed by atoms with van der Waals surface area (Å²) in [5.41, 5.74) is 2.64. The van der Waals surface area contributed by atoms with Crippen molar-refractivity contribution in [2.45, 2.75) is 12.8 Å². The standard InChI is InChI=1S/C12H13BrO2/c1-14-11-6-9(5-8-3-4-8)10(13)7-12(11)15-2/h5-7H,3-4H2,1-2H3. The summed E-state index contributed by atoms with van der Waals surface area (Å²) in [6, 6.07) is 3.93. The van der Waals surface area contributed by atoms with Crippen LogP contribution in [-0.2, 0) is 0 Å². The first-order chi connectivity index (χ1) is 7.24. The number of halogens is 1. The number of methoxy groups -OCH3 is 2. The molecule has 0 radical (unpaired) electrons. The van der Waals surface area contributed by atoms with Gasteiger partial charge in [0, 0.05) is 4.47 Å². The monoisotopic (exact) mass is 268 g/mol. The highest BCUT2D eigenvalue weighted by atomic mass is 79.9. The molecule has 0 bridgehead atoms. The highest BCUT2D eigenvalue weighted by molar-refractivity contribution is 9.10. The Kier molecular flexibility index (Phi) is 3.00. The van der Waals surface area contributed by atoms with E-state index in [0.717, 1.165) is 21.5 Å². The molecule has 0 saturated heterocycles. The van der Waals surface area contributed by atoms with E-state index in [4.69, 9.17) is 9.47 Å². The Labute approximate surface area is 98.0 Å². The van der Waals surface area contributed by atoms with Crippen molar-refractivity contribution in [1.82, 2.24) is 0 Å². The van der Waals surface area contributed by atoms with Gasteiger partial charge in [0.05, 0.1) is 14.2 Å². The number of hydrogen-bond donors (Lipinski definition) is 0. The molecule has 1 aromatic rings. The van der Waals surface area contributed by atoms with E-state index >= 15 is 0 Å². The van der Waals surface area contributed by atoms with Crippen molar-refractivity contribution in [3.05, 3.63) is 27.7 Å². The lowest BCUT2D eigenvalue weighted by Crippen LogP contribution is -1.91.